The van der Waals surface area contributed by atoms with E-state index in [-0.39, 0.29) is 0 Å². The monoisotopic (exact) mass is 348 g/mol. The first-order chi connectivity index (χ1) is 12.4. The molecule has 0 radical (unpaired) electrons. The van der Waals surface area contributed by atoms with Crippen molar-refractivity contribution in [2.45, 2.75) is 60.3 Å². The Kier molecular flexibility index (Phi) is 5.26. The second-order valence-corrected chi connectivity index (χ2v) is 7.20. The Morgan fingerprint density at radius 2 is 1.58 bits per heavy atom. The minimum absolute atomic E-state index is 0.455. The van der Waals surface area contributed by atoms with E-state index in [1.54, 1.807) is 0 Å². The predicted octanol–water partition coefficient (Wildman–Crippen LogP) is 6.56. The van der Waals surface area contributed by atoms with Crippen molar-refractivity contribution in [2.24, 2.45) is 0 Å². The number of aromatic nitrogens is 2. The number of hydrogen-bond acceptors (Lipinski definition) is 3. The highest BCUT2D eigenvalue weighted by atomic mass is 16.5. The Bertz CT molecular complexity index is 919. The molecular formula is C23H28N2O. The minimum atomic E-state index is 0.455. The molecule has 2 aromatic heterocycles. The number of hydrogen-bond donors (Lipinski definition) is 0. The summed E-state index contributed by atoms with van der Waals surface area (Å²) in [5, 5.41) is 2.19. The summed E-state index contributed by atoms with van der Waals surface area (Å²) in [4.78, 5) is 9.40. The van der Waals surface area contributed by atoms with Crippen LogP contribution in [-0.4, -0.2) is 9.97 Å². The maximum Gasteiger partial charge on any atom is 0.227 e. The molecule has 0 aliphatic carbocycles. The second kappa shape index (κ2) is 7.45. The lowest BCUT2D eigenvalue weighted by Gasteiger charge is -2.17. The summed E-state index contributed by atoms with van der Waals surface area (Å²) in [6.07, 6.45) is 4.04. The fraction of sp³-hybridized carbons (Fsp3) is 0.391. The van der Waals surface area contributed by atoms with Crippen LogP contribution in [0.3, 0.4) is 0 Å². The van der Waals surface area contributed by atoms with Crippen molar-refractivity contribution < 1.29 is 4.74 Å². The van der Waals surface area contributed by atoms with Gasteiger partial charge in [-0.2, -0.15) is 0 Å². The van der Waals surface area contributed by atoms with Crippen LogP contribution in [0.15, 0.2) is 30.5 Å². The van der Waals surface area contributed by atoms with Gasteiger partial charge in [-0.1, -0.05) is 31.5 Å². The number of fused-ring (bicyclic) bond motifs is 1. The van der Waals surface area contributed by atoms with E-state index in [2.05, 4.69) is 52.8 Å². The van der Waals surface area contributed by atoms with Gasteiger partial charge in [0.05, 0.1) is 5.69 Å². The molecule has 1 aromatic carbocycles. The molecule has 0 N–H and O–H groups in total. The van der Waals surface area contributed by atoms with Crippen molar-refractivity contribution in [1.29, 1.82) is 0 Å². The largest absolute Gasteiger partial charge is 0.438 e. The molecule has 0 bridgehead atoms. The topological polar surface area (TPSA) is 35.0 Å². The Morgan fingerprint density at radius 1 is 0.923 bits per heavy atom. The molecule has 3 aromatic rings. The molecule has 0 fully saturated rings. The summed E-state index contributed by atoms with van der Waals surface area (Å²) in [5.41, 5.74) is 5.62. The zero-order valence-corrected chi connectivity index (χ0v) is 16.7. The fourth-order valence-electron chi connectivity index (χ4n) is 3.79. The van der Waals surface area contributed by atoms with Crippen LogP contribution in [0.4, 0.5) is 0 Å². The number of rotatable bonds is 5. The van der Waals surface area contributed by atoms with Gasteiger partial charge < -0.3 is 4.74 Å². The number of pyridine rings is 2. The molecule has 26 heavy (non-hydrogen) atoms. The van der Waals surface area contributed by atoms with Crippen LogP contribution >= 0.6 is 0 Å². The molecular weight excluding hydrogens is 320 g/mol. The zero-order chi connectivity index (χ0) is 18.8. The number of aryl methyl sites for hydroxylation is 4. The van der Waals surface area contributed by atoms with E-state index in [9.17, 15) is 0 Å². The third-order valence-corrected chi connectivity index (χ3v) is 5.06. The second-order valence-electron chi connectivity index (χ2n) is 7.20. The van der Waals surface area contributed by atoms with E-state index >= 15 is 0 Å². The van der Waals surface area contributed by atoms with Crippen molar-refractivity contribution in [3.8, 4) is 11.6 Å². The zero-order valence-electron chi connectivity index (χ0n) is 16.7. The van der Waals surface area contributed by atoms with E-state index < -0.39 is 0 Å². The van der Waals surface area contributed by atoms with Gasteiger partial charge in [0.1, 0.15) is 5.75 Å². The van der Waals surface area contributed by atoms with E-state index in [4.69, 9.17) is 14.7 Å². The molecule has 2 heterocycles. The maximum absolute atomic E-state index is 6.35. The lowest BCUT2D eigenvalue weighted by molar-refractivity contribution is 0.460. The van der Waals surface area contributed by atoms with Gasteiger partial charge in [0.2, 0.25) is 5.88 Å². The van der Waals surface area contributed by atoms with Gasteiger partial charge in [-0.25, -0.2) is 4.98 Å². The fourth-order valence-corrected chi connectivity index (χ4v) is 3.79. The summed E-state index contributed by atoms with van der Waals surface area (Å²) in [6.45, 7) is 12.7. The molecule has 0 unspecified atom stereocenters. The average Bonchev–Trinajstić information content (AvgIpc) is 2.59. The van der Waals surface area contributed by atoms with Gasteiger partial charge in [0.25, 0.3) is 0 Å². The van der Waals surface area contributed by atoms with E-state index in [1.165, 1.54) is 5.56 Å². The Morgan fingerprint density at radius 3 is 2.19 bits per heavy atom. The molecule has 0 aliphatic rings. The Balaban J connectivity index is 2.17. The predicted molar refractivity (Wildman–Crippen MR) is 108 cm³/mol. The van der Waals surface area contributed by atoms with Crippen LogP contribution in [0.1, 0.15) is 60.7 Å². The molecule has 136 valence electrons. The van der Waals surface area contributed by atoms with Crippen LogP contribution in [0.25, 0.3) is 10.8 Å². The van der Waals surface area contributed by atoms with E-state index in [0.717, 1.165) is 51.9 Å². The SMILES string of the molecule is CCC(CC)c1nccc2c(Oc3c(C)cc(C)cc3C)nc(C)cc12. The van der Waals surface area contributed by atoms with Gasteiger partial charge in [0, 0.05) is 28.6 Å². The maximum atomic E-state index is 6.35. The Labute approximate surface area is 156 Å². The summed E-state index contributed by atoms with van der Waals surface area (Å²) < 4.78 is 6.35. The van der Waals surface area contributed by atoms with Gasteiger partial charge >= 0.3 is 0 Å². The number of ether oxygens (including phenoxy) is 1. The standard InChI is InChI=1S/C23H28N2O/c1-7-18(8-2)21-20-13-17(6)25-23(19(20)9-10-24-21)26-22-15(4)11-14(3)12-16(22)5/h9-13,18H,7-8H2,1-6H3. The van der Waals surface area contributed by atoms with E-state index in [0.29, 0.717) is 11.8 Å². The quantitative estimate of drug-likeness (QED) is 0.524. The lowest BCUT2D eigenvalue weighted by Crippen LogP contribution is -2.02. The molecule has 0 saturated carbocycles. The summed E-state index contributed by atoms with van der Waals surface area (Å²) in [6, 6.07) is 8.45. The Hall–Kier alpha value is -2.42. The van der Waals surface area contributed by atoms with Crippen molar-refractivity contribution in [3.05, 3.63) is 58.5 Å². The van der Waals surface area contributed by atoms with Crippen LogP contribution in [0.5, 0.6) is 11.6 Å². The highest BCUT2D eigenvalue weighted by Gasteiger charge is 2.17. The minimum Gasteiger partial charge on any atom is -0.438 e. The first kappa shape index (κ1) is 18.4. The third-order valence-electron chi connectivity index (χ3n) is 5.06. The highest BCUT2D eigenvalue weighted by Crippen LogP contribution is 2.36. The molecule has 0 amide bonds. The normalized spacial score (nSPS) is 11.3. The van der Waals surface area contributed by atoms with Crippen molar-refractivity contribution in [1.82, 2.24) is 9.97 Å². The van der Waals surface area contributed by atoms with Gasteiger partial charge in [-0.3, -0.25) is 4.98 Å². The molecule has 0 spiro atoms. The van der Waals surface area contributed by atoms with Crippen LogP contribution in [0, 0.1) is 27.7 Å². The molecule has 0 saturated heterocycles. The molecule has 3 heteroatoms. The van der Waals surface area contributed by atoms with Gasteiger partial charge in [-0.15, -0.1) is 0 Å². The van der Waals surface area contributed by atoms with Crippen LogP contribution in [0.2, 0.25) is 0 Å². The molecule has 0 atom stereocenters. The first-order valence-corrected chi connectivity index (χ1v) is 9.46. The average molecular weight is 348 g/mol. The highest BCUT2D eigenvalue weighted by molar-refractivity contribution is 5.89. The lowest BCUT2D eigenvalue weighted by atomic mass is 9.95. The van der Waals surface area contributed by atoms with Crippen LogP contribution < -0.4 is 4.74 Å². The van der Waals surface area contributed by atoms with Crippen molar-refractivity contribution in [3.63, 3.8) is 0 Å². The molecule has 3 nitrogen and oxygen atoms in total. The summed E-state index contributed by atoms with van der Waals surface area (Å²) >= 11 is 0. The van der Waals surface area contributed by atoms with Crippen molar-refractivity contribution >= 4 is 10.8 Å². The summed E-state index contributed by atoms with van der Waals surface area (Å²) in [5.74, 6) is 2.02. The third kappa shape index (κ3) is 3.44. The van der Waals surface area contributed by atoms with E-state index in [1.807, 2.05) is 19.2 Å². The molecule has 3 rings (SSSR count). The van der Waals surface area contributed by atoms with Gasteiger partial charge in [0.15, 0.2) is 0 Å². The smallest absolute Gasteiger partial charge is 0.227 e. The molecule has 0 aliphatic heterocycles. The van der Waals surface area contributed by atoms with Crippen molar-refractivity contribution in [2.75, 3.05) is 0 Å². The first-order valence-electron chi connectivity index (χ1n) is 9.46. The van der Waals surface area contributed by atoms with Crippen LogP contribution in [-0.2, 0) is 0 Å². The number of nitrogens with zero attached hydrogens (tertiary/aromatic N) is 2. The van der Waals surface area contributed by atoms with Gasteiger partial charge in [-0.05, 0) is 63.8 Å². The summed E-state index contributed by atoms with van der Waals surface area (Å²) in [7, 11) is 0. The number of benzene rings is 1.